The fraction of sp³-hybridized carbons (Fsp3) is 0.400. The second-order valence-electron chi connectivity index (χ2n) is 4.35. The fourth-order valence-electron chi connectivity index (χ4n) is 1.31. The molecule has 0 aromatic heterocycles. The van der Waals surface area contributed by atoms with E-state index in [1.165, 1.54) is 6.92 Å². The Kier molecular flexibility index (Phi) is 4.76. The van der Waals surface area contributed by atoms with Crippen molar-refractivity contribution in [1.29, 1.82) is 0 Å². The number of benzene rings is 1. The van der Waals surface area contributed by atoms with Crippen LogP contribution in [0, 0.1) is 15.9 Å². The van der Waals surface area contributed by atoms with Crippen molar-refractivity contribution in [1.82, 2.24) is 4.72 Å². The maximum Gasteiger partial charge on any atom is 0.270 e. The van der Waals surface area contributed by atoms with Gasteiger partial charge in [0, 0.05) is 12.1 Å². The summed E-state index contributed by atoms with van der Waals surface area (Å²) < 4.78 is 39.4. The van der Waals surface area contributed by atoms with Crippen molar-refractivity contribution in [3.8, 4) is 0 Å². The molecule has 1 rings (SSSR count). The topological polar surface area (TPSA) is 130 Å². The number of hydrogen-bond donors (Lipinski definition) is 3. The van der Waals surface area contributed by atoms with Gasteiger partial charge in [0.1, 0.15) is 10.7 Å². The van der Waals surface area contributed by atoms with E-state index in [1.807, 2.05) is 4.72 Å². The maximum atomic E-state index is 13.5. The maximum absolute atomic E-state index is 13.5. The molecule has 0 saturated heterocycles. The van der Waals surface area contributed by atoms with Gasteiger partial charge in [0.15, 0.2) is 0 Å². The molecule has 1 aromatic carbocycles. The predicted molar refractivity (Wildman–Crippen MR) is 66.0 cm³/mol. The minimum atomic E-state index is -4.48. The Balaban J connectivity index is 3.28. The van der Waals surface area contributed by atoms with E-state index in [-0.39, 0.29) is 0 Å². The molecule has 8 nitrogen and oxygen atoms in total. The first-order chi connectivity index (χ1) is 9.15. The van der Waals surface area contributed by atoms with Gasteiger partial charge in [0.05, 0.1) is 23.7 Å². The molecule has 0 saturated carbocycles. The van der Waals surface area contributed by atoms with Crippen LogP contribution >= 0.6 is 0 Å². The molecule has 0 heterocycles. The van der Waals surface area contributed by atoms with E-state index in [1.54, 1.807) is 0 Å². The molecule has 20 heavy (non-hydrogen) atoms. The first-order valence-corrected chi connectivity index (χ1v) is 6.83. The molecule has 0 unspecified atom stereocenters. The van der Waals surface area contributed by atoms with Crippen molar-refractivity contribution in [2.45, 2.75) is 17.4 Å². The number of nitro benzene ring substituents is 1. The van der Waals surface area contributed by atoms with Gasteiger partial charge in [-0.2, -0.15) is 0 Å². The van der Waals surface area contributed by atoms with Crippen LogP contribution in [-0.4, -0.2) is 42.3 Å². The van der Waals surface area contributed by atoms with E-state index < -0.39 is 50.1 Å². The summed E-state index contributed by atoms with van der Waals surface area (Å²) in [7, 11) is -4.48. The summed E-state index contributed by atoms with van der Waals surface area (Å²) in [5, 5.41) is 28.6. The van der Waals surface area contributed by atoms with E-state index in [0.29, 0.717) is 12.1 Å². The minimum Gasteiger partial charge on any atom is -0.394 e. The van der Waals surface area contributed by atoms with E-state index >= 15 is 0 Å². The number of rotatable bonds is 6. The zero-order valence-electron chi connectivity index (χ0n) is 10.4. The van der Waals surface area contributed by atoms with Crippen molar-refractivity contribution in [3.05, 3.63) is 34.1 Å². The van der Waals surface area contributed by atoms with E-state index in [9.17, 15) is 22.9 Å². The van der Waals surface area contributed by atoms with Crippen LogP contribution in [0.15, 0.2) is 23.1 Å². The van der Waals surface area contributed by atoms with Gasteiger partial charge in [-0.25, -0.2) is 17.5 Å². The lowest BCUT2D eigenvalue weighted by molar-refractivity contribution is -0.385. The first-order valence-electron chi connectivity index (χ1n) is 5.35. The lowest BCUT2D eigenvalue weighted by Gasteiger charge is -2.25. The second kappa shape index (κ2) is 5.79. The Morgan fingerprint density at radius 2 is 1.95 bits per heavy atom. The molecule has 0 aliphatic carbocycles. The lowest BCUT2D eigenvalue weighted by Crippen LogP contribution is -2.51. The molecule has 0 aliphatic rings. The summed E-state index contributed by atoms with van der Waals surface area (Å²) in [6.07, 6.45) is 0. The summed E-state index contributed by atoms with van der Waals surface area (Å²) in [5.74, 6) is -1.18. The zero-order valence-corrected chi connectivity index (χ0v) is 11.2. The van der Waals surface area contributed by atoms with Gasteiger partial charge >= 0.3 is 0 Å². The minimum absolute atomic E-state index is 0.562. The molecule has 0 bridgehead atoms. The molecule has 0 atom stereocenters. The molecular weight excluding hydrogens is 295 g/mol. The Hall–Kier alpha value is -1.62. The highest BCUT2D eigenvalue weighted by Gasteiger charge is 2.32. The smallest absolute Gasteiger partial charge is 0.270 e. The number of nitro groups is 1. The van der Waals surface area contributed by atoms with Crippen molar-refractivity contribution in [2.24, 2.45) is 0 Å². The van der Waals surface area contributed by atoms with Gasteiger partial charge in [-0.3, -0.25) is 10.1 Å². The Morgan fingerprint density at radius 1 is 1.40 bits per heavy atom. The highest BCUT2D eigenvalue weighted by atomic mass is 32.2. The Bertz CT molecular complexity index is 614. The van der Waals surface area contributed by atoms with Gasteiger partial charge in [0.25, 0.3) is 5.69 Å². The number of sulfonamides is 1. The molecular formula is C10H13FN2O6S. The number of nitrogens with zero attached hydrogens (tertiary/aromatic N) is 1. The number of hydrogen-bond acceptors (Lipinski definition) is 6. The Morgan fingerprint density at radius 3 is 2.40 bits per heavy atom. The molecule has 3 N–H and O–H groups in total. The molecule has 0 spiro atoms. The number of non-ortho nitro benzene ring substituents is 1. The van der Waals surface area contributed by atoms with Gasteiger partial charge in [-0.15, -0.1) is 0 Å². The van der Waals surface area contributed by atoms with Crippen LogP contribution in [0.5, 0.6) is 0 Å². The molecule has 0 aliphatic heterocycles. The summed E-state index contributed by atoms with van der Waals surface area (Å²) >= 11 is 0. The normalized spacial score (nSPS) is 12.4. The van der Waals surface area contributed by atoms with Crippen LogP contribution < -0.4 is 4.72 Å². The number of nitrogens with one attached hydrogen (secondary N) is 1. The summed E-state index contributed by atoms with van der Waals surface area (Å²) in [6.45, 7) is -0.279. The van der Waals surface area contributed by atoms with Gasteiger partial charge in [-0.05, 0) is 13.0 Å². The second-order valence-corrected chi connectivity index (χ2v) is 6.01. The third kappa shape index (κ3) is 3.48. The van der Waals surface area contributed by atoms with E-state index in [2.05, 4.69) is 0 Å². The quantitative estimate of drug-likeness (QED) is 0.491. The van der Waals surface area contributed by atoms with Gasteiger partial charge < -0.3 is 10.2 Å². The number of halogens is 1. The summed E-state index contributed by atoms with van der Waals surface area (Å²) in [4.78, 5) is 8.78. The highest BCUT2D eigenvalue weighted by Crippen LogP contribution is 2.22. The Labute approximate surface area is 114 Å². The summed E-state index contributed by atoms with van der Waals surface area (Å²) in [6, 6.07) is 2.04. The van der Waals surface area contributed by atoms with Crippen LogP contribution in [0.2, 0.25) is 0 Å². The third-order valence-electron chi connectivity index (χ3n) is 2.49. The lowest BCUT2D eigenvalue weighted by atomic mass is 10.1. The van der Waals surface area contributed by atoms with Crippen LogP contribution in [0.3, 0.4) is 0 Å². The first kappa shape index (κ1) is 16.4. The van der Waals surface area contributed by atoms with Crippen molar-refractivity contribution in [3.63, 3.8) is 0 Å². The number of aliphatic hydroxyl groups is 2. The van der Waals surface area contributed by atoms with Crippen molar-refractivity contribution in [2.75, 3.05) is 13.2 Å². The average Bonchev–Trinajstić information content (AvgIpc) is 2.38. The van der Waals surface area contributed by atoms with E-state index in [0.717, 1.165) is 6.07 Å². The van der Waals surface area contributed by atoms with Crippen LogP contribution in [-0.2, 0) is 10.0 Å². The molecule has 10 heteroatoms. The zero-order chi connectivity index (χ0) is 15.6. The molecule has 1 aromatic rings. The largest absolute Gasteiger partial charge is 0.394 e. The molecule has 112 valence electrons. The van der Waals surface area contributed by atoms with Gasteiger partial charge in [0.2, 0.25) is 10.0 Å². The fourth-order valence-corrected chi connectivity index (χ4v) is 2.79. The van der Waals surface area contributed by atoms with Crippen LogP contribution in [0.25, 0.3) is 0 Å². The van der Waals surface area contributed by atoms with Crippen LogP contribution in [0.4, 0.5) is 10.1 Å². The molecule has 0 fully saturated rings. The SMILES string of the molecule is CC(CO)(CO)NS(=O)(=O)c1cc([N+](=O)[O-])ccc1F. The number of aliphatic hydroxyl groups excluding tert-OH is 2. The average molecular weight is 308 g/mol. The molecule has 0 radical (unpaired) electrons. The van der Waals surface area contributed by atoms with Gasteiger partial charge in [-0.1, -0.05) is 0 Å². The predicted octanol–water partition coefficient (Wildman–Crippen LogP) is -0.244. The monoisotopic (exact) mass is 308 g/mol. The van der Waals surface area contributed by atoms with Crippen LogP contribution in [0.1, 0.15) is 6.92 Å². The standard InChI is InChI=1S/C10H13FN2O6S/c1-10(5-14,6-15)12-20(18,19)9-4-7(13(16)17)2-3-8(9)11/h2-4,12,14-15H,5-6H2,1H3. The highest BCUT2D eigenvalue weighted by molar-refractivity contribution is 7.89. The van der Waals surface area contributed by atoms with Crippen molar-refractivity contribution < 1.29 is 27.9 Å². The van der Waals surface area contributed by atoms with Crippen molar-refractivity contribution >= 4 is 15.7 Å². The third-order valence-corrected chi connectivity index (χ3v) is 4.15. The molecule has 0 amide bonds. The van der Waals surface area contributed by atoms with E-state index in [4.69, 9.17) is 10.2 Å². The summed E-state index contributed by atoms with van der Waals surface area (Å²) in [5.41, 5.74) is -2.21.